The van der Waals surface area contributed by atoms with Crippen molar-refractivity contribution in [3.63, 3.8) is 0 Å². The number of halogens is 1. The minimum absolute atomic E-state index is 0.0558. The molecule has 1 aromatic heterocycles. The molecule has 3 nitrogen and oxygen atoms in total. The lowest BCUT2D eigenvalue weighted by Gasteiger charge is -2.15. The van der Waals surface area contributed by atoms with Crippen LogP contribution in [0.3, 0.4) is 0 Å². The van der Waals surface area contributed by atoms with Gasteiger partial charge in [-0.3, -0.25) is 4.79 Å². The van der Waals surface area contributed by atoms with Crippen molar-refractivity contribution in [1.29, 1.82) is 0 Å². The van der Waals surface area contributed by atoms with Crippen LogP contribution in [0.25, 0.3) is 11.0 Å². The third-order valence-electron chi connectivity index (χ3n) is 2.88. The lowest BCUT2D eigenvalue weighted by Crippen LogP contribution is -2.28. The summed E-state index contributed by atoms with van der Waals surface area (Å²) < 4.78 is 5.70. The first-order valence-electron chi connectivity index (χ1n) is 5.21. The van der Waals surface area contributed by atoms with Gasteiger partial charge in [-0.1, -0.05) is 17.7 Å². The number of fused-ring (bicyclic) bond motifs is 2. The highest BCUT2D eigenvalue weighted by molar-refractivity contribution is 6.34. The Morgan fingerprint density at radius 1 is 1.38 bits per heavy atom. The zero-order valence-electron chi connectivity index (χ0n) is 8.55. The van der Waals surface area contributed by atoms with Crippen molar-refractivity contribution in [1.82, 2.24) is 5.32 Å². The number of nitrogens with one attached hydrogen (secondary N) is 1. The van der Waals surface area contributed by atoms with Gasteiger partial charge < -0.3 is 9.73 Å². The van der Waals surface area contributed by atoms with Gasteiger partial charge in [-0.2, -0.15) is 0 Å². The zero-order valence-corrected chi connectivity index (χ0v) is 9.30. The van der Waals surface area contributed by atoms with E-state index in [-0.39, 0.29) is 5.43 Å². The maximum atomic E-state index is 12.2. The molecule has 1 N–H and O–H groups in total. The van der Waals surface area contributed by atoms with E-state index in [1.54, 1.807) is 18.2 Å². The zero-order chi connectivity index (χ0) is 11.1. The van der Waals surface area contributed by atoms with Gasteiger partial charge in [-0.15, -0.1) is 0 Å². The topological polar surface area (TPSA) is 42.2 Å². The van der Waals surface area contributed by atoms with Crippen molar-refractivity contribution in [2.24, 2.45) is 0 Å². The summed E-state index contributed by atoms with van der Waals surface area (Å²) in [5, 5.41) is 4.24. The van der Waals surface area contributed by atoms with E-state index in [1.165, 1.54) is 0 Å². The molecular formula is C12H10ClNO2. The fraction of sp³-hybridized carbons (Fsp3) is 0.250. The molecule has 4 heteroatoms. The maximum Gasteiger partial charge on any atom is 0.196 e. The van der Waals surface area contributed by atoms with Crippen LogP contribution in [0.15, 0.2) is 27.4 Å². The summed E-state index contributed by atoms with van der Waals surface area (Å²) in [6.07, 6.45) is 0.722. The fourth-order valence-electron chi connectivity index (χ4n) is 2.08. The number of hydrogen-bond acceptors (Lipinski definition) is 3. The third kappa shape index (κ3) is 1.36. The smallest absolute Gasteiger partial charge is 0.196 e. The van der Waals surface area contributed by atoms with E-state index in [9.17, 15) is 4.79 Å². The van der Waals surface area contributed by atoms with E-state index in [2.05, 4.69) is 5.32 Å². The molecule has 82 valence electrons. The minimum Gasteiger partial charge on any atom is -0.458 e. The molecule has 16 heavy (non-hydrogen) atoms. The van der Waals surface area contributed by atoms with Crippen LogP contribution in [0.5, 0.6) is 0 Å². The normalized spacial score (nSPS) is 15.1. The van der Waals surface area contributed by atoms with Gasteiger partial charge in [-0.25, -0.2) is 0 Å². The summed E-state index contributed by atoms with van der Waals surface area (Å²) in [4.78, 5) is 12.2. The predicted octanol–water partition coefficient (Wildman–Crippen LogP) is 2.09. The van der Waals surface area contributed by atoms with E-state index in [1.807, 2.05) is 0 Å². The lowest BCUT2D eigenvalue weighted by molar-refractivity contribution is 0.470. The van der Waals surface area contributed by atoms with E-state index in [0.717, 1.165) is 24.3 Å². The van der Waals surface area contributed by atoms with Crippen molar-refractivity contribution >= 4 is 22.6 Å². The van der Waals surface area contributed by atoms with Gasteiger partial charge in [0.15, 0.2) is 11.0 Å². The monoisotopic (exact) mass is 235 g/mol. The summed E-state index contributed by atoms with van der Waals surface area (Å²) in [7, 11) is 0. The molecule has 0 atom stereocenters. The Morgan fingerprint density at radius 2 is 2.25 bits per heavy atom. The van der Waals surface area contributed by atoms with Gasteiger partial charge in [0.2, 0.25) is 0 Å². The first-order valence-corrected chi connectivity index (χ1v) is 5.59. The number of hydrogen-bond donors (Lipinski definition) is 1. The summed E-state index contributed by atoms with van der Waals surface area (Å²) in [6, 6.07) is 5.26. The molecule has 2 aromatic rings. The molecule has 1 aliphatic heterocycles. The quantitative estimate of drug-likeness (QED) is 0.760. The van der Waals surface area contributed by atoms with Gasteiger partial charge in [0.1, 0.15) is 5.76 Å². The molecule has 0 fully saturated rings. The highest BCUT2D eigenvalue weighted by atomic mass is 35.5. The first kappa shape index (κ1) is 9.87. The van der Waals surface area contributed by atoms with Gasteiger partial charge in [0, 0.05) is 5.56 Å². The van der Waals surface area contributed by atoms with Crippen LogP contribution in [-0.4, -0.2) is 6.54 Å². The van der Waals surface area contributed by atoms with Crippen molar-refractivity contribution < 1.29 is 4.42 Å². The highest BCUT2D eigenvalue weighted by Crippen LogP contribution is 2.24. The van der Waals surface area contributed by atoms with Crippen LogP contribution >= 0.6 is 11.6 Å². The Balaban J connectivity index is 2.44. The molecule has 1 aliphatic rings. The Bertz CT molecular complexity index is 618. The second-order valence-electron chi connectivity index (χ2n) is 3.88. The summed E-state index contributed by atoms with van der Waals surface area (Å²) in [6.45, 7) is 1.43. The standard InChI is InChI=1S/C12H10ClNO2/c13-9-3-1-2-8-11(15)7-4-5-14-6-10(7)16-12(8)9/h1-3,14H,4-6H2. The fourth-order valence-corrected chi connectivity index (χ4v) is 2.29. The molecule has 0 amide bonds. The average Bonchev–Trinajstić information content (AvgIpc) is 2.31. The molecule has 0 saturated carbocycles. The van der Waals surface area contributed by atoms with Crippen LogP contribution in [-0.2, 0) is 13.0 Å². The van der Waals surface area contributed by atoms with Crippen molar-refractivity contribution in [3.05, 3.63) is 44.8 Å². The Morgan fingerprint density at radius 3 is 3.12 bits per heavy atom. The molecular weight excluding hydrogens is 226 g/mol. The molecule has 0 radical (unpaired) electrons. The molecule has 0 unspecified atom stereocenters. The third-order valence-corrected chi connectivity index (χ3v) is 3.18. The van der Waals surface area contributed by atoms with Crippen LogP contribution in [0, 0.1) is 0 Å². The van der Waals surface area contributed by atoms with Crippen molar-refractivity contribution in [3.8, 4) is 0 Å². The van der Waals surface area contributed by atoms with Crippen LogP contribution in [0.4, 0.5) is 0 Å². The van der Waals surface area contributed by atoms with Gasteiger partial charge >= 0.3 is 0 Å². The Hall–Kier alpha value is -1.32. The number of para-hydroxylation sites is 1. The second-order valence-corrected chi connectivity index (χ2v) is 4.28. The lowest BCUT2D eigenvalue weighted by atomic mass is 10.0. The van der Waals surface area contributed by atoms with E-state index >= 15 is 0 Å². The van der Waals surface area contributed by atoms with Crippen molar-refractivity contribution in [2.45, 2.75) is 13.0 Å². The van der Waals surface area contributed by atoms with E-state index in [4.69, 9.17) is 16.0 Å². The van der Waals surface area contributed by atoms with Crippen LogP contribution < -0.4 is 10.7 Å². The number of rotatable bonds is 0. The summed E-state index contributed by atoms with van der Waals surface area (Å²) >= 11 is 6.02. The molecule has 0 spiro atoms. The molecule has 1 aromatic carbocycles. The van der Waals surface area contributed by atoms with E-state index < -0.39 is 0 Å². The highest BCUT2D eigenvalue weighted by Gasteiger charge is 2.18. The average molecular weight is 236 g/mol. The number of benzene rings is 1. The van der Waals surface area contributed by atoms with Crippen molar-refractivity contribution in [2.75, 3.05) is 6.54 Å². The molecule has 0 bridgehead atoms. The van der Waals surface area contributed by atoms with Gasteiger partial charge in [-0.05, 0) is 25.1 Å². The molecule has 3 rings (SSSR count). The van der Waals surface area contributed by atoms with Gasteiger partial charge in [0.25, 0.3) is 0 Å². The summed E-state index contributed by atoms with van der Waals surface area (Å²) in [5.74, 6) is 0.719. The first-order chi connectivity index (χ1) is 7.77. The molecule has 0 aliphatic carbocycles. The minimum atomic E-state index is 0.0558. The SMILES string of the molecule is O=c1c2c(oc3c(Cl)cccc13)CNCC2. The second kappa shape index (κ2) is 3.61. The van der Waals surface area contributed by atoms with E-state index in [0.29, 0.717) is 22.5 Å². The molecule has 0 saturated heterocycles. The summed E-state index contributed by atoms with van der Waals surface area (Å²) in [5.41, 5.74) is 1.34. The largest absolute Gasteiger partial charge is 0.458 e. The molecule has 2 heterocycles. The predicted molar refractivity (Wildman–Crippen MR) is 62.9 cm³/mol. The maximum absolute atomic E-state index is 12.2. The van der Waals surface area contributed by atoms with Crippen LogP contribution in [0.2, 0.25) is 5.02 Å². The van der Waals surface area contributed by atoms with Gasteiger partial charge in [0.05, 0.1) is 17.0 Å². The Labute approximate surface area is 97.0 Å². The van der Waals surface area contributed by atoms with Crippen LogP contribution in [0.1, 0.15) is 11.3 Å². The Kier molecular flexibility index (Phi) is 2.23.